The van der Waals surface area contributed by atoms with E-state index in [1.54, 1.807) is 6.07 Å². The van der Waals surface area contributed by atoms with Gasteiger partial charge in [0.15, 0.2) is 0 Å². The van der Waals surface area contributed by atoms with Crippen LogP contribution in [-0.4, -0.2) is 22.4 Å². The SMILES string of the molecule is Cc1cc(C(=O)NCCCc2ccccc2)nc(Nc2ccccc2C(C)C)n1. The fourth-order valence-electron chi connectivity index (χ4n) is 3.21. The number of amides is 1. The van der Waals surface area contributed by atoms with Crippen molar-refractivity contribution >= 4 is 17.5 Å². The Labute approximate surface area is 172 Å². The Hall–Kier alpha value is -3.21. The van der Waals surface area contributed by atoms with Gasteiger partial charge >= 0.3 is 0 Å². The van der Waals surface area contributed by atoms with E-state index in [0.29, 0.717) is 24.1 Å². The third-order valence-corrected chi connectivity index (χ3v) is 4.69. The number of hydrogen-bond acceptors (Lipinski definition) is 4. The van der Waals surface area contributed by atoms with Crippen LogP contribution in [0, 0.1) is 6.92 Å². The number of para-hydroxylation sites is 1. The molecule has 0 spiro atoms. The highest BCUT2D eigenvalue weighted by Gasteiger charge is 2.12. The molecule has 0 aliphatic carbocycles. The van der Waals surface area contributed by atoms with Gasteiger partial charge in [0.2, 0.25) is 5.95 Å². The van der Waals surface area contributed by atoms with Crippen LogP contribution in [0.25, 0.3) is 0 Å². The van der Waals surface area contributed by atoms with E-state index in [0.717, 1.165) is 24.2 Å². The van der Waals surface area contributed by atoms with Crippen LogP contribution in [-0.2, 0) is 6.42 Å². The molecule has 29 heavy (non-hydrogen) atoms. The van der Waals surface area contributed by atoms with Crippen molar-refractivity contribution in [3.63, 3.8) is 0 Å². The number of anilines is 2. The van der Waals surface area contributed by atoms with Crippen molar-refractivity contribution in [2.24, 2.45) is 0 Å². The molecule has 0 saturated heterocycles. The second-order valence-corrected chi connectivity index (χ2v) is 7.43. The summed E-state index contributed by atoms with van der Waals surface area (Å²) < 4.78 is 0. The maximum absolute atomic E-state index is 12.6. The van der Waals surface area contributed by atoms with Crippen LogP contribution in [0.4, 0.5) is 11.6 Å². The van der Waals surface area contributed by atoms with Crippen LogP contribution in [0.3, 0.4) is 0 Å². The van der Waals surface area contributed by atoms with Crippen molar-refractivity contribution in [2.45, 2.75) is 39.5 Å². The molecular formula is C24H28N4O. The van der Waals surface area contributed by atoms with Gasteiger partial charge in [-0.15, -0.1) is 0 Å². The Balaban J connectivity index is 1.63. The molecule has 0 bridgehead atoms. The molecule has 5 nitrogen and oxygen atoms in total. The van der Waals surface area contributed by atoms with Crippen LogP contribution in [0.15, 0.2) is 60.7 Å². The number of hydrogen-bond donors (Lipinski definition) is 2. The molecule has 0 saturated carbocycles. The maximum atomic E-state index is 12.6. The van der Waals surface area contributed by atoms with Gasteiger partial charge < -0.3 is 10.6 Å². The Kier molecular flexibility index (Phi) is 6.95. The summed E-state index contributed by atoms with van der Waals surface area (Å²) >= 11 is 0. The molecule has 1 heterocycles. The first kappa shape index (κ1) is 20.5. The smallest absolute Gasteiger partial charge is 0.270 e. The zero-order valence-corrected chi connectivity index (χ0v) is 17.3. The summed E-state index contributed by atoms with van der Waals surface area (Å²) in [6, 6.07) is 20.1. The first-order valence-corrected chi connectivity index (χ1v) is 10.1. The van der Waals surface area contributed by atoms with Gasteiger partial charge in [0.05, 0.1) is 0 Å². The van der Waals surface area contributed by atoms with Crippen LogP contribution < -0.4 is 10.6 Å². The minimum Gasteiger partial charge on any atom is -0.351 e. The minimum atomic E-state index is -0.177. The highest BCUT2D eigenvalue weighted by Crippen LogP contribution is 2.25. The Morgan fingerprint density at radius 1 is 1.00 bits per heavy atom. The van der Waals surface area contributed by atoms with Crippen molar-refractivity contribution < 1.29 is 4.79 Å². The fourth-order valence-corrected chi connectivity index (χ4v) is 3.21. The molecule has 0 aliphatic heterocycles. The summed E-state index contributed by atoms with van der Waals surface area (Å²) in [7, 11) is 0. The summed E-state index contributed by atoms with van der Waals surface area (Å²) in [6.45, 7) is 6.76. The predicted octanol–water partition coefficient (Wildman–Crippen LogP) is 5.01. The van der Waals surface area contributed by atoms with Crippen molar-refractivity contribution in [2.75, 3.05) is 11.9 Å². The molecule has 0 aliphatic rings. The van der Waals surface area contributed by atoms with Crippen LogP contribution in [0.5, 0.6) is 0 Å². The normalized spacial score (nSPS) is 10.8. The molecular weight excluding hydrogens is 360 g/mol. The van der Waals surface area contributed by atoms with E-state index in [1.165, 1.54) is 11.1 Å². The van der Waals surface area contributed by atoms with E-state index in [-0.39, 0.29) is 5.91 Å². The molecule has 3 rings (SSSR count). The van der Waals surface area contributed by atoms with Gasteiger partial charge in [-0.3, -0.25) is 4.79 Å². The Morgan fingerprint density at radius 3 is 2.48 bits per heavy atom. The monoisotopic (exact) mass is 388 g/mol. The number of rotatable bonds is 8. The number of benzene rings is 2. The lowest BCUT2D eigenvalue weighted by molar-refractivity contribution is 0.0948. The summed E-state index contributed by atoms with van der Waals surface area (Å²) in [5.74, 6) is 0.632. The van der Waals surface area contributed by atoms with E-state index in [2.05, 4.69) is 52.6 Å². The molecule has 0 radical (unpaired) electrons. The average Bonchev–Trinajstić information content (AvgIpc) is 2.71. The molecule has 2 N–H and O–H groups in total. The molecule has 150 valence electrons. The second-order valence-electron chi connectivity index (χ2n) is 7.43. The van der Waals surface area contributed by atoms with Crippen molar-refractivity contribution in [3.05, 3.63) is 83.2 Å². The standard InChI is InChI=1S/C24H28N4O/c1-17(2)20-13-7-8-14-21(20)27-24-26-18(3)16-22(28-24)23(29)25-15-9-12-19-10-5-4-6-11-19/h4-8,10-11,13-14,16-17H,9,12,15H2,1-3H3,(H,25,29)(H,26,27,28). The predicted molar refractivity (Wildman–Crippen MR) is 118 cm³/mol. The minimum absolute atomic E-state index is 0.177. The van der Waals surface area contributed by atoms with Gasteiger partial charge in [-0.2, -0.15) is 0 Å². The molecule has 0 fully saturated rings. The number of nitrogens with one attached hydrogen (secondary N) is 2. The van der Waals surface area contributed by atoms with Crippen molar-refractivity contribution in [3.8, 4) is 0 Å². The molecule has 0 atom stereocenters. The summed E-state index contributed by atoms with van der Waals surface area (Å²) in [4.78, 5) is 21.4. The van der Waals surface area contributed by atoms with Gasteiger partial charge in [0, 0.05) is 17.9 Å². The summed E-state index contributed by atoms with van der Waals surface area (Å²) in [5.41, 5.74) is 4.54. The summed E-state index contributed by atoms with van der Waals surface area (Å²) in [5, 5.41) is 6.24. The van der Waals surface area contributed by atoms with Crippen molar-refractivity contribution in [1.29, 1.82) is 0 Å². The largest absolute Gasteiger partial charge is 0.351 e. The highest BCUT2D eigenvalue weighted by molar-refractivity contribution is 5.92. The number of aryl methyl sites for hydroxylation is 2. The Morgan fingerprint density at radius 2 is 1.72 bits per heavy atom. The van der Waals surface area contributed by atoms with Gasteiger partial charge in [-0.1, -0.05) is 62.4 Å². The van der Waals surface area contributed by atoms with E-state index >= 15 is 0 Å². The van der Waals surface area contributed by atoms with Crippen molar-refractivity contribution in [1.82, 2.24) is 15.3 Å². The first-order valence-electron chi connectivity index (χ1n) is 10.1. The molecule has 5 heteroatoms. The number of carbonyl (C=O) groups excluding carboxylic acids is 1. The number of carbonyl (C=O) groups is 1. The van der Waals surface area contributed by atoms with Gasteiger partial charge in [-0.25, -0.2) is 9.97 Å². The lowest BCUT2D eigenvalue weighted by Gasteiger charge is -2.14. The average molecular weight is 389 g/mol. The molecule has 3 aromatic rings. The van der Waals surface area contributed by atoms with E-state index in [4.69, 9.17) is 0 Å². The van der Waals surface area contributed by atoms with E-state index in [1.807, 2.05) is 43.3 Å². The first-order chi connectivity index (χ1) is 14.0. The van der Waals surface area contributed by atoms with Gasteiger partial charge in [0.1, 0.15) is 5.69 Å². The second kappa shape index (κ2) is 9.82. The quantitative estimate of drug-likeness (QED) is 0.532. The zero-order chi connectivity index (χ0) is 20.6. The molecule has 1 amide bonds. The third kappa shape index (κ3) is 5.88. The third-order valence-electron chi connectivity index (χ3n) is 4.69. The Bertz CT molecular complexity index is 954. The topological polar surface area (TPSA) is 66.9 Å². The highest BCUT2D eigenvalue weighted by atomic mass is 16.1. The van der Waals surface area contributed by atoms with Gasteiger partial charge in [0.25, 0.3) is 5.91 Å². The van der Waals surface area contributed by atoms with E-state index < -0.39 is 0 Å². The van der Waals surface area contributed by atoms with Gasteiger partial charge in [-0.05, 0) is 48.9 Å². The lowest BCUT2D eigenvalue weighted by atomic mass is 10.0. The fraction of sp³-hybridized carbons (Fsp3) is 0.292. The number of nitrogens with zero attached hydrogens (tertiary/aromatic N) is 2. The summed E-state index contributed by atoms with van der Waals surface area (Å²) in [6.07, 6.45) is 1.81. The maximum Gasteiger partial charge on any atom is 0.270 e. The zero-order valence-electron chi connectivity index (χ0n) is 17.3. The lowest BCUT2D eigenvalue weighted by Crippen LogP contribution is -2.26. The molecule has 0 unspecified atom stereocenters. The number of aromatic nitrogens is 2. The van der Waals surface area contributed by atoms with E-state index in [9.17, 15) is 4.79 Å². The molecule has 1 aromatic heterocycles. The molecule has 2 aromatic carbocycles. The van der Waals surface area contributed by atoms with Crippen LogP contribution in [0.2, 0.25) is 0 Å². The van der Waals surface area contributed by atoms with Crippen LogP contribution >= 0.6 is 0 Å². The van der Waals surface area contributed by atoms with Crippen LogP contribution in [0.1, 0.15) is 53.5 Å².